The Balaban J connectivity index is 0.000000767. The van der Waals surface area contributed by atoms with Crippen LogP contribution < -0.4 is 10.4 Å². The molecule has 0 spiro atoms. The number of pyridine rings is 4. The Morgan fingerprint density at radius 2 is 0.767 bits per heavy atom. The molecule has 0 unspecified atom stereocenters. The second kappa shape index (κ2) is 17.7. The largest absolute Gasteiger partial charge is 0.427 e. The van der Waals surface area contributed by atoms with Crippen LogP contribution in [0, 0.1) is 0 Å². The molecule has 0 aromatic carbocycles. The molecule has 8 nitrogen and oxygen atoms in total. The van der Waals surface area contributed by atoms with Crippen LogP contribution in [0.25, 0.3) is 22.8 Å². The normalized spacial score (nSPS) is 11.3. The van der Waals surface area contributed by atoms with Crippen LogP contribution in [-0.4, -0.2) is 57.1 Å². The Morgan fingerprint density at radius 1 is 0.465 bits per heavy atom. The van der Waals surface area contributed by atoms with Crippen LogP contribution in [0.5, 0.6) is 0 Å². The van der Waals surface area contributed by atoms with Crippen LogP contribution in [0.2, 0.25) is 22.2 Å². The van der Waals surface area contributed by atoms with E-state index < -0.39 is 16.6 Å². The fraction of sp³-hybridized carbons (Fsp3) is 0.375. The molecule has 4 heterocycles. The van der Waals surface area contributed by atoms with E-state index in [-0.39, 0.29) is 52.6 Å². The van der Waals surface area contributed by atoms with Crippen LogP contribution in [0.1, 0.15) is 55.4 Å². The minimum absolute atomic E-state index is 0. The van der Waals surface area contributed by atoms with Crippen molar-refractivity contribution in [1.29, 1.82) is 0 Å². The minimum Gasteiger partial charge on any atom is -0.427 e. The molecule has 0 atom stereocenters. The summed E-state index contributed by atoms with van der Waals surface area (Å²) < 4.78 is 0. The average Bonchev–Trinajstić information content (AvgIpc) is 2.97. The number of hydrogen-bond donors (Lipinski definition) is 2. The molecule has 0 saturated heterocycles. The molecular weight excluding hydrogens is 662 g/mol. The van der Waals surface area contributed by atoms with Crippen molar-refractivity contribution in [2.75, 3.05) is 0 Å². The first-order valence-corrected chi connectivity index (χ1v) is 18.3. The quantitative estimate of drug-likeness (QED) is 0.256. The topological polar surface area (TPSA) is 155 Å². The van der Waals surface area contributed by atoms with E-state index in [9.17, 15) is 9.59 Å². The molecule has 6 N–H and O–H groups in total. The Hall–Kier alpha value is -2.50. The number of rotatable bonds is 8. The molecule has 4 aromatic heterocycles. The number of hydrogen-bond acceptors (Lipinski definition) is 6. The summed E-state index contributed by atoms with van der Waals surface area (Å²) in [5, 5.41) is 2.00. The van der Waals surface area contributed by atoms with Crippen molar-refractivity contribution in [1.82, 2.24) is 19.9 Å². The van der Waals surface area contributed by atoms with Gasteiger partial charge >= 0.3 is 0 Å². The molecule has 0 aliphatic rings. The smallest absolute Gasteiger partial charge is 0.226 e. The van der Waals surface area contributed by atoms with Crippen LogP contribution in [0.15, 0.2) is 85.5 Å². The molecule has 4 aromatic rings. The summed E-state index contributed by atoms with van der Waals surface area (Å²) in [5.41, 5.74) is 4.48. The zero-order valence-electron chi connectivity index (χ0n) is 26.4. The predicted molar refractivity (Wildman–Crippen MR) is 178 cm³/mol. The van der Waals surface area contributed by atoms with E-state index >= 15 is 0 Å². The summed E-state index contributed by atoms with van der Waals surface area (Å²) in [4.78, 5) is 39.7. The van der Waals surface area contributed by atoms with E-state index in [4.69, 9.17) is 0 Å². The van der Waals surface area contributed by atoms with Crippen molar-refractivity contribution in [2.24, 2.45) is 0 Å². The molecule has 0 aliphatic heterocycles. The summed E-state index contributed by atoms with van der Waals surface area (Å²) in [7, 11) is -4.97. The van der Waals surface area contributed by atoms with E-state index in [1.54, 1.807) is 12.4 Å². The van der Waals surface area contributed by atoms with Crippen molar-refractivity contribution in [3.63, 3.8) is 0 Å². The molecule has 236 valence electrons. The van der Waals surface area contributed by atoms with Gasteiger partial charge in [-0.1, -0.05) is 79.7 Å². The van der Waals surface area contributed by atoms with Gasteiger partial charge in [-0.05, 0) is 68.9 Å². The number of nitrogens with zero attached hydrogens (tertiary/aromatic N) is 4. The van der Waals surface area contributed by atoms with Crippen LogP contribution >= 0.6 is 0 Å². The first kappa shape index (κ1) is 40.5. The van der Waals surface area contributed by atoms with Gasteiger partial charge in [0.2, 0.25) is 16.6 Å². The van der Waals surface area contributed by atoms with E-state index in [0.29, 0.717) is 0 Å². The van der Waals surface area contributed by atoms with Gasteiger partial charge in [-0.25, -0.2) is 0 Å². The second-order valence-corrected chi connectivity index (χ2v) is 20.6. The second-order valence-electron chi connectivity index (χ2n) is 11.6. The van der Waals surface area contributed by atoms with Crippen molar-refractivity contribution >= 4 is 27.0 Å². The van der Waals surface area contributed by atoms with Gasteiger partial charge in [0.1, 0.15) is 0 Å². The minimum atomic E-state index is -2.49. The Bertz CT molecular complexity index is 1210. The van der Waals surface area contributed by atoms with Crippen LogP contribution in [0.3, 0.4) is 0 Å². The molecule has 0 fully saturated rings. The van der Waals surface area contributed by atoms with Gasteiger partial charge in [0.05, 0.1) is 22.8 Å². The fourth-order valence-electron chi connectivity index (χ4n) is 5.26. The zero-order valence-corrected chi connectivity index (χ0v) is 30.2. The molecule has 0 aliphatic carbocycles. The monoisotopic (exact) mass is 710 g/mol. The van der Waals surface area contributed by atoms with Gasteiger partial charge in [-0.3, -0.25) is 19.9 Å². The summed E-state index contributed by atoms with van der Waals surface area (Å²) in [6.07, 6.45) is 7.18. The Morgan fingerprint density at radius 3 is 0.977 bits per heavy atom. The molecule has 11 heteroatoms. The molecule has 0 bridgehead atoms. The maximum Gasteiger partial charge on any atom is 0.226 e. The third kappa shape index (κ3) is 9.25. The number of aromatic nitrogens is 4. The van der Waals surface area contributed by atoms with Gasteiger partial charge in [0.15, 0.2) is 0 Å². The zero-order chi connectivity index (χ0) is 29.5. The summed E-state index contributed by atoms with van der Waals surface area (Å²) >= 11 is 0. The molecular formula is C32H48N4O4RuSi2. The van der Waals surface area contributed by atoms with Gasteiger partial charge in [0, 0.05) is 44.3 Å². The first-order chi connectivity index (χ1) is 18.9. The molecule has 0 saturated carbocycles. The standard InChI is InChI=1S/2C16H22N2OSi.2H2O.Ru/c2*1-12(2)20(19,13(3)4)14-8-9-16(18-11-14)15-7-5-6-10-17-15;;;/h2*5-13,19H,1-4H3;2*1H2;. The van der Waals surface area contributed by atoms with E-state index in [2.05, 4.69) is 75.3 Å². The maximum absolute atomic E-state index is 11.1. The molecule has 0 amide bonds. The van der Waals surface area contributed by atoms with Crippen molar-refractivity contribution < 1.29 is 40.0 Å². The fourth-order valence-corrected chi connectivity index (χ4v) is 11.8. The van der Waals surface area contributed by atoms with Crippen LogP contribution in [-0.2, 0) is 19.5 Å². The van der Waals surface area contributed by atoms with E-state index in [0.717, 1.165) is 33.1 Å². The summed E-state index contributed by atoms with van der Waals surface area (Å²) in [6, 6.07) is 19.5. The van der Waals surface area contributed by atoms with Gasteiger partial charge in [-0.2, -0.15) is 0 Å². The molecule has 4 rings (SSSR count). The van der Waals surface area contributed by atoms with Crippen molar-refractivity contribution in [2.45, 2.75) is 77.6 Å². The predicted octanol–water partition coefficient (Wildman–Crippen LogP) is 4.56. The van der Waals surface area contributed by atoms with Gasteiger partial charge in [0.25, 0.3) is 0 Å². The van der Waals surface area contributed by atoms with Crippen LogP contribution in [0.4, 0.5) is 0 Å². The average molecular weight is 710 g/mol. The SMILES string of the molecule is CC(C)[Si](O)(c1ccc(-c2ccccn2)nc1)C(C)C.CC(C)[Si](O)(c1ccc(-c2ccccn2)nc1)C(C)C.O.O.[Ru]. The van der Waals surface area contributed by atoms with Gasteiger partial charge < -0.3 is 20.5 Å². The van der Waals surface area contributed by atoms with Crippen molar-refractivity contribution in [3.05, 3.63) is 85.5 Å². The van der Waals surface area contributed by atoms with E-state index in [1.165, 1.54) is 0 Å². The Kier molecular flexibility index (Phi) is 16.7. The summed E-state index contributed by atoms with van der Waals surface area (Å²) in [5.74, 6) is 0. The maximum atomic E-state index is 11.1. The van der Waals surface area contributed by atoms with Crippen molar-refractivity contribution in [3.8, 4) is 22.8 Å². The molecule has 43 heavy (non-hydrogen) atoms. The molecule has 0 radical (unpaired) electrons. The third-order valence-electron chi connectivity index (χ3n) is 7.83. The summed E-state index contributed by atoms with van der Waals surface area (Å²) in [6.45, 7) is 16.8. The Labute approximate surface area is 271 Å². The van der Waals surface area contributed by atoms with Gasteiger partial charge in [-0.15, -0.1) is 0 Å². The first-order valence-electron chi connectivity index (χ1n) is 14.1. The van der Waals surface area contributed by atoms with E-state index in [1.807, 2.05) is 73.1 Å². The third-order valence-corrected chi connectivity index (χ3v) is 17.3.